The molecule has 5 rings (SSSR count). The zero-order chi connectivity index (χ0) is 21.2. The fourth-order valence-corrected chi connectivity index (χ4v) is 3.90. The van der Waals surface area contributed by atoms with Crippen molar-refractivity contribution in [1.82, 2.24) is 19.9 Å². The van der Waals surface area contributed by atoms with E-state index in [1.807, 2.05) is 48.5 Å². The molecule has 156 valence electrons. The van der Waals surface area contributed by atoms with Gasteiger partial charge >= 0.3 is 0 Å². The molecule has 8 heteroatoms. The van der Waals surface area contributed by atoms with Gasteiger partial charge in [0.25, 0.3) is 5.91 Å². The maximum atomic E-state index is 13.1. The second-order valence-electron chi connectivity index (χ2n) is 7.35. The Morgan fingerprint density at radius 1 is 1.03 bits per heavy atom. The van der Waals surface area contributed by atoms with Crippen molar-refractivity contribution in [3.63, 3.8) is 0 Å². The highest BCUT2D eigenvalue weighted by molar-refractivity contribution is 6.30. The van der Waals surface area contributed by atoms with E-state index in [1.165, 1.54) is 0 Å². The Labute approximate surface area is 184 Å². The lowest BCUT2D eigenvalue weighted by Gasteiger charge is -2.31. The van der Waals surface area contributed by atoms with E-state index in [1.54, 1.807) is 23.0 Å². The molecular weight excluding hydrogens is 412 g/mol. The molecule has 4 aromatic rings. The zero-order valence-corrected chi connectivity index (χ0v) is 17.5. The van der Waals surface area contributed by atoms with E-state index in [2.05, 4.69) is 25.6 Å². The molecule has 7 nitrogen and oxygen atoms in total. The Kier molecular flexibility index (Phi) is 5.28. The number of para-hydroxylation sites is 2. The molecule has 1 amide bonds. The predicted octanol–water partition coefficient (Wildman–Crippen LogP) is 3.71. The summed E-state index contributed by atoms with van der Waals surface area (Å²) in [4.78, 5) is 19.9. The number of hydrogen-bond acceptors (Lipinski definition) is 5. The van der Waals surface area contributed by atoms with Crippen LogP contribution in [0.4, 0.5) is 11.4 Å². The van der Waals surface area contributed by atoms with Gasteiger partial charge in [0.15, 0.2) is 5.65 Å². The SMILES string of the molecule is O=C(Nc1ccccc1N1CCNCC1)c1ccn2ncc(-c3ccc(Cl)cc3)c2n1. The lowest BCUT2D eigenvalue weighted by atomic mass is 10.1. The van der Waals surface area contributed by atoms with Gasteiger partial charge in [-0.1, -0.05) is 35.9 Å². The Balaban J connectivity index is 1.44. The van der Waals surface area contributed by atoms with Crippen LogP contribution in [0.2, 0.25) is 5.02 Å². The third-order valence-corrected chi connectivity index (χ3v) is 5.62. The van der Waals surface area contributed by atoms with Gasteiger partial charge in [-0.25, -0.2) is 9.50 Å². The van der Waals surface area contributed by atoms with E-state index in [9.17, 15) is 4.79 Å². The van der Waals surface area contributed by atoms with Gasteiger partial charge in [0.2, 0.25) is 0 Å². The van der Waals surface area contributed by atoms with E-state index < -0.39 is 0 Å². The summed E-state index contributed by atoms with van der Waals surface area (Å²) in [6.45, 7) is 3.65. The summed E-state index contributed by atoms with van der Waals surface area (Å²) in [5, 5.41) is 11.4. The molecule has 0 radical (unpaired) electrons. The van der Waals surface area contributed by atoms with Crippen molar-refractivity contribution in [1.29, 1.82) is 0 Å². The summed E-state index contributed by atoms with van der Waals surface area (Å²) >= 11 is 6.01. The number of piperazine rings is 1. The number of benzene rings is 2. The van der Waals surface area contributed by atoms with Crippen molar-refractivity contribution in [2.24, 2.45) is 0 Å². The van der Waals surface area contributed by atoms with Crippen molar-refractivity contribution in [2.75, 3.05) is 36.4 Å². The minimum atomic E-state index is -0.256. The largest absolute Gasteiger partial charge is 0.367 e. The molecule has 0 saturated carbocycles. The maximum Gasteiger partial charge on any atom is 0.274 e. The highest BCUT2D eigenvalue weighted by atomic mass is 35.5. The minimum absolute atomic E-state index is 0.256. The van der Waals surface area contributed by atoms with Gasteiger partial charge in [-0.05, 0) is 35.9 Å². The van der Waals surface area contributed by atoms with E-state index in [4.69, 9.17) is 11.6 Å². The quantitative estimate of drug-likeness (QED) is 0.514. The molecule has 1 aliphatic rings. The number of nitrogens with one attached hydrogen (secondary N) is 2. The van der Waals surface area contributed by atoms with Crippen LogP contribution in [-0.2, 0) is 0 Å². The van der Waals surface area contributed by atoms with Crippen molar-refractivity contribution in [3.05, 3.63) is 77.7 Å². The topological polar surface area (TPSA) is 74.6 Å². The Bertz CT molecular complexity index is 1230. The predicted molar refractivity (Wildman–Crippen MR) is 123 cm³/mol. The van der Waals surface area contributed by atoms with E-state index in [0.717, 1.165) is 48.7 Å². The smallest absolute Gasteiger partial charge is 0.274 e. The maximum absolute atomic E-state index is 13.1. The Morgan fingerprint density at radius 3 is 2.61 bits per heavy atom. The van der Waals surface area contributed by atoms with Crippen LogP contribution >= 0.6 is 11.6 Å². The fraction of sp³-hybridized carbons (Fsp3) is 0.174. The Hall–Kier alpha value is -3.42. The van der Waals surface area contributed by atoms with Crippen molar-refractivity contribution in [3.8, 4) is 11.1 Å². The molecule has 2 aromatic carbocycles. The van der Waals surface area contributed by atoms with E-state index in [0.29, 0.717) is 16.4 Å². The number of hydrogen-bond donors (Lipinski definition) is 2. The third-order valence-electron chi connectivity index (χ3n) is 5.37. The molecular formula is C23H21ClN6O. The molecule has 3 heterocycles. The van der Waals surface area contributed by atoms with Crippen LogP contribution < -0.4 is 15.5 Å². The van der Waals surface area contributed by atoms with Gasteiger partial charge in [0, 0.05) is 43.0 Å². The highest BCUT2D eigenvalue weighted by Gasteiger charge is 2.17. The third kappa shape index (κ3) is 3.97. The number of rotatable bonds is 4. The minimum Gasteiger partial charge on any atom is -0.367 e. The number of aromatic nitrogens is 3. The molecule has 0 atom stereocenters. The first-order valence-electron chi connectivity index (χ1n) is 10.2. The molecule has 1 fully saturated rings. The van der Waals surface area contributed by atoms with Crippen molar-refractivity contribution in [2.45, 2.75) is 0 Å². The van der Waals surface area contributed by atoms with Crippen LogP contribution in [0.15, 0.2) is 67.0 Å². The number of anilines is 2. The van der Waals surface area contributed by atoms with Gasteiger partial charge in [0.1, 0.15) is 5.69 Å². The number of amides is 1. The van der Waals surface area contributed by atoms with Crippen LogP contribution in [0.3, 0.4) is 0 Å². The van der Waals surface area contributed by atoms with E-state index in [-0.39, 0.29) is 5.91 Å². The number of fused-ring (bicyclic) bond motifs is 1. The first-order valence-corrected chi connectivity index (χ1v) is 10.5. The van der Waals surface area contributed by atoms with Gasteiger partial charge in [-0.3, -0.25) is 4.79 Å². The monoisotopic (exact) mass is 432 g/mol. The van der Waals surface area contributed by atoms with Crippen LogP contribution in [0.25, 0.3) is 16.8 Å². The van der Waals surface area contributed by atoms with Gasteiger partial charge < -0.3 is 15.5 Å². The summed E-state index contributed by atoms with van der Waals surface area (Å²) < 4.78 is 1.66. The lowest BCUT2D eigenvalue weighted by Crippen LogP contribution is -2.43. The van der Waals surface area contributed by atoms with Crippen LogP contribution in [-0.4, -0.2) is 46.7 Å². The van der Waals surface area contributed by atoms with E-state index >= 15 is 0 Å². The van der Waals surface area contributed by atoms with Crippen LogP contribution in [0, 0.1) is 0 Å². The molecule has 31 heavy (non-hydrogen) atoms. The van der Waals surface area contributed by atoms with Gasteiger partial charge in [-0.2, -0.15) is 5.10 Å². The molecule has 0 spiro atoms. The first-order chi connectivity index (χ1) is 15.2. The molecule has 1 aliphatic heterocycles. The van der Waals surface area contributed by atoms with Crippen molar-refractivity contribution >= 4 is 34.5 Å². The molecule has 0 unspecified atom stereocenters. The summed E-state index contributed by atoms with van der Waals surface area (Å²) in [7, 11) is 0. The summed E-state index contributed by atoms with van der Waals surface area (Å²) in [6.07, 6.45) is 3.49. The normalized spacial score (nSPS) is 14.0. The number of carbonyl (C=O) groups excluding carboxylic acids is 1. The summed E-state index contributed by atoms with van der Waals surface area (Å²) in [6, 6.07) is 17.0. The highest BCUT2D eigenvalue weighted by Crippen LogP contribution is 2.27. The number of halogens is 1. The van der Waals surface area contributed by atoms with Gasteiger partial charge in [-0.15, -0.1) is 0 Å². The lowest BCUT2D eigenvalue weighted by molar-refractivity contribution is 0.102. The van der Waals surface area contributed by atoms with Crippen LogP contribution in [0.1, 0.15) is 10.5 Å². The average Bonchev–Trinajstić information content (AvgIpc) is 3.24. The number of nitrogens with zero attached hydrogens (tertiary/aromatic N) is 4. The average molecular weight is 433 g/mol. The summed E-state index contributed by atoms with van der Waals surface area (Å²) in [5.41, 5.74) is 4.52. The Morgan fingerprint density at radius 2 is 1.81 bits per heavy atom. The van der Waals surface area contributed by atoms with Gasteiger partial charge in [0.05, 0.1) is 17.6 Å². The molecule has 0 aliphatic carbocycles. The van der Waals surface area contributed by atoms with Crippen LogP contribution in [0.5, 0.6) is 0 Å². The van der Waals surface area contributed by atoms with Crippen molar-refractivity contribution < 1.29 is 4.79 Å². The zero-order valence-electron chi connectivity index (χ0n) is 16.8. The molecule has 0 bridgehead atoms. The second kappa shape index (κ2) is 8.37. The second-order valence-corrected chi connectivity index (χ2v) is 7.79. The molecule has 2 aromatic heterocycles. The first kappa shape index (κ1) is 19.5. The molecule has 2 N–H and O–H groups in total. The molecule has 1 saturated heterocycles. The fourth-order valence-electron chi connectivity index (χ4n) is 3.78. The summed E-state index contributed by atoms with van der Waals surface area (Å²) in [5.74, 6) is -0.256. The standard InChI is InChI=1S/C23H21ClN6O/c24-17-7-5-16(6-8-17)18-15-26-30-12-9-20(27-22(18)30)23(31)28-19-3-1-2-4-21(19)29-13-10-25-11-14-29/h1-9,12,15,25H,10-11,13-14H2,(H,28,31). The number of carbonyl (C=O) groups is 1.